The van der Waals surface area contributed by atoms with Crippen molar-refractivity contribution in [2.45, 2.75) is 25.0 Å². The molecule has 122 valence electrons. The number of aromatic amines is 1. The summed E-state index contributed by atoms with van der Waals surface area (Å²) in [6, 6.07) is 3.65. The molecule has 0 bridgehead atoms. The number of nitrogens with one attached hydrogen (secondary N) is 1. The van der Waals surface area contributed by atoms with Crippen molar-refractivity contribution in [3.05, 3.63) is 54.6 Å². The number of aryl methyl sites for hydroxylation is 1. The van der Waals surface area contributed by atoms with Crippen molar-refractivity contribution in [1.29, 1.82) is 0 Å². The molecule has 0 saturated carbocycles. The van der Waals surface area contributed by atoms with E-state index in [0.29, 0.717) is 18.8 Å². The highest BCUT2D eigenvalue weighted by Gasteiger charge is 2.38. The molecule has 1 fully saturated rings. The molecule has 0 spiro atoms. The number of carbonyl (C=O) groups is 1. The number of rotatable bonds is 6. The Bertz CT molecular complexity index is 662. The predicted octanol–water partition coefficient (Wildman–Crippen LogP) is 1.78. The van der Waals surface area contributed by atoms with E-state index in [1.165, 1.54) is 0 Å². The minimum absolute atomic E-state index is 0.00921. The third kappa shape index (κ3) is 3.37. The molecule has 0 aromatic carbocycles. The summed E-state index contributed by atoms with van der Waals surface area (Å²) in [4.78, 5) is 17.6. The van der Waals surface area contributed by atoms with Gasteiger partial charge >= 0.3 is 0 Å². The standard InChI is InChI=1S/C17H22N4O2/c1-3-9-23-16-6-8-21(17(22)14-5-4-7-18-14)15(16)10-13-11-19-20(2)12-13/h3-5,7,11-12,15-16,18H,1,6,8-10H2,2H3/t15-,16+/m1/s1. The molecule has 3 rings (SSSR count). The summed E-state index contributed by atoms with van der Waals surface area (Å²) in [6.45, 7) is 4.90. The van der Waals surface area contributed by atoms with Gasteiger partial charge in [-0.05, 0) is 30.5 Å². The lowest BCUT2D eigenvalue weighted by Crippen LogP contribution is -2.42. The highest BCUT2D eigenvalue weighted by atomic mass is 16.5. The Kier molecular flexibility index (Phi) is 4.62. The van der Waals surface area contributed by atoms with Crippen LogP contribution in [-0.2, 0) is 18.2 Å². The molecule has 0 aliphatic carbocycles. The van der Waals surface area contributed by atoms with E-state index in [1.807, 2.05) is 30.4 Å². The van der Waals surface area contributed by atoms with Gasteiger partial charge < -0.3 is 14.6 Å². The summed E-state index contributed by atoms with van der Waals surface area (Å²) in [5, 5.41) is 4.22. The van der Waals surface area contributed by atoms with E-state index in [4.69, 9.17) is 4.74 Å². The average molecular weight is 314 g/mol. The van der Waals surface area contributed by atoms with Gasteiger partial charge in [-0.25, -0.2) is 0 Å². The van der Waals surface area contributed by atoms with Crippen LogP contribution in [0.2, 0.25) is 0 Å². The van der Waals surface area contributed by atoms with Crippen LogP contribution in [0.25, 0.3) is 0 Å². The van der Waals surface area contributed by atoms with Crippen LogP contribution >= 0.6 is 0 Å². The van der Waals surface area contributed by atoms with Crippen molar-refractivity contribution in [2.75, 3.05) is 13.2 Å². The highest BCUT2D eigenvalue weighted by molar-refractivity contribution is 5.92. The first kappa shape index (κ1) is 15.6. The Morgan fingerprint density at radius 3 is 3.13 bits per heavy atom. The number of ether oxygens (including phenoxy) is 1. The molecule has 3 heterocycles. The summed E-state index contributed by atoms with van der Waals surface area (Å²) in [5.41, 5.74) is 1.72. The summed E-state index contributed by atoms with van der Waals surface area (Å²) in [5.74, 6) is 0.0218. The topological polar surface area (TPSA) is 63.1 Å². The van der Waals surface area contributed by atoms with Crippen molar-refractivity contribution >= 4 is 5.91 Å². The Balaban J connectivity index is 1.79. The van der Waals surface area contributed by atoms with E-state index in [-0.39, 0.29) is 18.1 Å². The normalized spacial score (nSPS) is 20.8. The van der Waals surface area contributed by atoms with Crippen molar-refractivity contribution in [3.8, 4) is 0 Å². The number of amides is 1. The molecule has 1 aliphatic heterocycles. The van der Waals surface area contributed by atoms with Gasteiger partial charge in [0.05, 0.1) is 24.9 Å². The Morgan fingerprint density at radius 1 is 1.61 bits per heavy atom. The zero-order chi connectivity index (χ0) is 16.2. The number of carbonyl (C=O) groups excluding carboxylic acids is 1. The molecule has 0 radical (unpaired) electrons. The highest BCUT2D eigenvalue weighted by Crippen LogP contribution is 2.26. The maximum absolute atomic E-state index is 12.7. The second kappa shape index (κ2) is 6.83. The van der Waals surface area contributed by atoms with E-state index >= 15 is 0 Å². The molecule has 6 nitrogen and oxygen atoms in total. The second-order valence-corrected chi connectivity index (χ2v) is 5.83. The molecule has 1 saturated heterocycles. The van der Waals surface area contributed by atoms with E-state index in [9.17, 15) is 4.79 Å². The van der Waals surface area contributed by atoms with Crippen molar-refractivity contribution in [1.82, 2.24) is 19.7 Å². The van der Waals surface area contributed by atoms with Gasteiger partial charge in [0.15, 0.2) is 0 Å². The summed E-state index contributed by atoms with van der Waals surface area (Å²) >= 11 is 0. The molecule has 2 aromatic rings. The van der Waals surface area contributed by atoms with Gasteiger partial charge in [-0.2, -0.15) is 5.10 Å². The lowest BCUT2D eigenvalue weighted by molar-refractivity contribution is 0.0377. The molecule has 23 heavy (non-hydrogen) atoms. The monoisotopic (exact) mass is 314 g/mol. The lowest BCUT2D eigenvalue weighted by Gasteiger charge is -2.27. The smallest absolute Gasteiger partial charge is 0.270 e. The van der Waals surface area contributed by atoms with Gasteiger partial charge in [0.25, 0.3) is 5.91 Å². The van der Waals surface area contributed by atoms with Gasteiger partial charge in [0, 0.05) is 26.0 Å². The first-order chi connectivity index (χ1) is 11.2. The van der Waals surface area contributed by atoms with Crippen LogP contribution in [-0.4, -0.2) is 50.9 Å². The fourth-order valence-electron chi connectivity index (χ4n) is 3.14. The second-order valence-electron chi connectivity index (χ2n) is 5.83. The third-order valence-corrected chi connectivity index (χ3v) is 4.20. The van der Waals surface area contributed by atoms with E-state index < -0.39 is 0 Å². The largest absolute Gasteiger partial charge is 0.372 e. The minimum atomic E-state index is 0.00921. The zero-order valence-corrected chi connectivity index (χ0v) is 13.3. The Morgan fingerprint density at radius 2 is 2.48 bits per heavy atom. The molecule has 0 unspecified atom stereocenters. The van der Waals surface area contributed by atoms with Gasteiger partial charge in [-0.15, -0.1) is 6.58 Å². The van der Waals surface area contributed by atoms with Crippen molar-refractivity contribution in [2.24, 2.45) is 7.05 Å². The fourth-order valence-corrected chi connectivity index (χ4v) is 3.14. The maximum Gasteiger partial charge on any atom is 0.270 e. The molecular weight excluding hydrogens is 292 g/mol. The van der Waals surface area contributed by atoms with Crippen molar-refractivity contribution in [3.63, 3.8) is 0 Å². The quantitative estimate of drug-likeness (QED) is 0.827. The molecule has 2 aromatic heterocycles. The van der Waals surface area contributed by atoms with Crippen LogP contribution < -0.4 is 0 Å². The van der Waals surface area contributed by atoms with E-state index in [0.717, 1.165) is 18.4 Å². The summed E-state index contributed by atoms with van der Waals surface area (Å²) < 4.78 is 7.67. The zero-order valence-electron chi connectivity index (χ0n) is 13.3. The lowest BCUT2D eigenvalue weighted by atomic mass is 10.0. The summed E-state index contributed by atoms with van der Waals surface area (Å²) in [7, 11) is 1.89. The van der Waals surface area contributed by atoms with Crippen LogP contribution in [0.5, 0.6) is 0 Å². The first-order valence-corrected chi connectivity index (χ1v) is 7.83. The van der Waals surface area contributed by atoms with Gasteiger partial charge in [0.2, 0.25) is 0 Å². The number of hydrogen-bond donors (Lipinski definition) is 1. The van der Waals surface area contributed by atoms with Gasteiger partial charge in [0.1, 0.15) is 5.69 Å². The number of likely N-dealkylation sites (tertiary alicyclic amines) is 1. The average Bonchev–Trinajstić information content (AvgIpc) is 3.27. The van der Waals surface area contributed by atoms with Crippen LogP contribution in [0.15, 0.2) is 43.4 Å². The number of hydrogen-bond acceptors (Lipinski definition) is 3. The van der Waals surface area contributed by atoms with Gasteiger partial charge in [-0.3, -0.25) is 9.48 Å². The Hall–Kier alpha value is -2.34. The number of nitrogens with zero attached hydrogens (tertiary/aromatic N) is 3. The van der Waals surface area contributed by atoms with Gasteiger partial charge in [-0.1, -0.05) is 6.08 Å². The molecule has 6 heteroatoms. The number of aromatic nitrogens is 3. The number of H-pyrrole nitrogens is 1. The SMILES string of the molecule is C=CCO[C@H]1CCN(C(=O)c2ccc[nH]2)[C@@H]1Cc1cnn(C)c1. The minimum Gasteiger partial charge on any atom is -0.372 e. The Labute approximate surface area is 135 Å². The van der Waals surface area contributed by atoms with E-state index in [1.54, 1.807) is 23.0 Å². The van der Waals surface area contributed by atoms with Crippen LogP contribution in [0, 0.1) is 0 Å². The molecule has 2 atom stereocenters. The fraction of sp³-hybridized carbons (Fsp3) is 0.412. The molecule has 1 aliphatic rings. The van der Waals surface area contributed by atoms with E-state index in [2.05, 4.69) is 16.7 Å². The van der Waals surface area contributed by atoms with Crippen LogP contribution in [0.1, 0.15) is 22.5 Å². The molecule has 1 N–H and O–H groups in total. The summed E-state index contributed by atoms with van der Waals surface area (Å²) in [6.07, 6.45) is 8.95. The first-order valence-electron chi connectivity index (χ1n) is 7.83. The van der Waals surface area contributed by atoms with Crippen molar-refractivity contribution < 1.29 is 9.53 Å². The predicted molar refractivity (Wildman–Crippen MR) is 87.1 cm³/mol. The van der Waals surface area contributed by atoms with Crippen LogP contribution in [0.4, 0.5) is 0 Å². The maximum atomic E-state index is 12.7. The molecule has 1 amide bonds. The third-order valence-electron chi connectivity index (χ3n) is 4.20. The molecular formula is C17H22N4O2. The van der Waals surface area contributed by atoms with Crippen LogP contribution in [0.3, 0.4) is 0 Å².